The van der Waals surface area contributed by atoms with Gasteiger partial charge >= 0.3 is 0 Å². The number of para-hydroxylation sites is 2. The summed E-state index contributed by atoms with van der Waals surface area (Å²) in [5, 5.41) is 18.5. The molecule has 1 aliphatic heterocycles. The van der Waals surface area contributed by atoms with E-state index < -0.39 is 0 Å². The smallest absolute Gasteiger partial charge is 0.143 e. The highest BCUT2D eigenvalue weighted by atomic mass is 16.5. The van der Waals surface area contributed by atoms with E-state index in [2.05, 4.69) is 4.90 Å². The summed E-state index contributed by atoms with van der Waals surface area (Å²) in [6.45, 7) is 1.49. The van der Waals surface area contributed by atoms with Crippen molar-refractivity contribution in [2.24, 2.45) is 0 Å². The van der Waals surface area contributed by atoms with E-state index in [9.17, 15) is 5.11 Å². The van der Waals surface area contributed by atoms with Crippen LogP contribution in [0.4, 0.5) is 5.69 Å². The lowest BCUT2D eigenvalue weighted by Crippen LogP contribution is -2.41. The van der Waals surface area contributed by atoms with Crippen LogP contribution in [0.15, 0.2) is 48.5 Å². The van der Waals surface area contributed by atoms with Gasteiger partial charge in [-0.3, -0.25) is 0 Å². The molecule has 1 aliphatic rings. The minimum absolute atomic E-state index is 0.00822. The van der Waals surface area contributed by atoms with Gasteiger partial charge in [0.15, 0.2) is 0 Å². The van der Waals surface area contributed by atoms with Gasteiger partial charge in [0, 0.05) is 6.54 Å². The normalized spacial score (nSPS) is 17.2. The molecule has 0 spiro atoms. The molecule has 2 aromatic carbocycles. The van der Waals surface area contributed by atoms with Crippen molar-refractivity contribution >= 4 is 5.69 Å². The third-order valence-corrected chi connectivity index (χ3v) is 3.71. The lowest BCUT2D eigenvalue weighted by atomic mass is 10.1. The maximum atomic E-state index is 9.39. The second kappa shape index (κ2) is 6.16. The van der Waals surface area contributed by atoms with Crippen molar-refractivity contribution in [1.82, 2.24) is 0 Å². The zero-order valence-electron chi connectivity index (χ0n) is 11.8. The number of ether oxygens (including phenoxy) is 1. The number of nitrogens with zero attached hydrogens (tertiary/aromatic N) is 1. The fraction of sp³-hybridized carbons (Fsp3) is 0.294. The second-order valence-electron chi connectivity index (χ2n) is 5.25. The maximum absolute atomic E-state index is 9.39. The fourth-order valence-corrected chi connectivity index (χ4v) is 2.59. The van der Waals surface area contributed by atoms with E-state index in [1.165, 1.54) is 5.56 Å². The highest BCUT2D eigenvalue weighted by Gasteiger charge is 2.24. The van der Waals surface area contributed by atoms with Gasteiger partial charge in [0.05, 0.1) is 25.4 Å². The molecule has 2 N–H and O–H groups in total. The standard InChI is InChI=1S/C17H19NO3/c19-11-14-7-5-13(6-8-14)9-18-10-15(12-20)21-17-4-2-1-3-16(17)18/h1-8,15,19-20H,9-12H2. The molecule has 2 aromatic rings. The second-order valence-corrected chi connectivity index (χ2v) is 5.25. The minimum Gasteiger partial charge on any atom is -0.484 e. The van der Waals surface area contributed by atoms with Crippen LogP contribution in [0.1, 0.15) is 11.1 Å². The van der Waals surface area contributed by atoms with Crippen molar-refractivity contribution in [2.75, 3.05) is 18.1 Å². The first-order chi connectivity index (χ1) is 10.3. The number of hydrogen-bond acceptors (Lipinski definition) is 4. The summed E-state index contributed by atoms with van der Waals surface area (Å²) in [7, 11) is 0. The Bertz CT molecular complexity index is 597. The van der Waals surface area contributed by atoms with E-state index in [0.717, 1.165) is 23.5 Å². The first-order valence-corrected chi connectivity index (χ1v) is 7.10. The molecule has 0 aromatic heterocycles. The summed E-state index contributed by atoms with van der Waals surface area (Å²) in [6, 6.07) is 15.8. The van der Waals surface area contributed by atoms with Crippen molar-refractivity contribution in [2.45, 2.75) is 19.3 Å². The van der Waals surface area contributed by atoms with Crippen molar-refractivity contribution in [1.29, 1.82) is 0 Å². The number of rotatable bonds is 4. The van der Waals surface area contributed by atoms with Crippen LogP contribution in [-0.4, -0.2) is 29.5 Å². The number of benzene rings is 2. The Morgan fingerprint density at radius 1 is 1.00 bits per heavy atom. The topological polar surface area (TPSA) is 52.9 Å². The average molecular weight is 285 g/mol. The van der Waals surface area contributed by atoms with Crippen molar-refractivity contribution in [3.8, 4) is 5.75 Å². The molecule has 0 amide bonds. The summed E-state index contributed by atoms with van der Waals surface area (Å²) in [5.41, 5.74) is 3.13. The molecule has 4 nitrogen and oxygen atoms in total. The van der Waals surface area contributed by atoms with Gasteiger partial charge in [-0.15, -0.1) is 0 Å². The van der Waals surface area contributed by atoms with E-state index in [1.54, 1.807) is 0 Å². The molecular formula is C17H19NO3. The Morgan fingerprint density at radius 3 is 2.43 bits per heavy atom. The predicted octanol–water partition coefficient (Wildman–Crippen LogP) is 1.94. The molecule has 0 radical (unpaired) electrons. The SMILES string of the molecule is OCc1ccc(CN2CC(CO)Oc3ccccc32)cc1. The molecule has 21 heavy (non-hydrogen) atoms. The number of anilines is 1. The molecule has 0 saturated carbocycles. The Labute approximate surface area is 124 Å². The quantitative estimate of drug-likeness (QED) is 0.901. The van der Waals surface area contributed by atoms with Crippen LogP contribution in [0.25, 0.3) is 0 Å². The van der Waals surface area contributed by atoms with E-state index in [4.69, 9.17) is 9.84 Å². The number of aliphatic hydroxyl groups is 2. The maximum Gasteiger partial charge on any atom is 0.143 e. The molecule has 0 fully saturated rings. The molecular weight excluding hydrogens is 266 g/mol. The molecule has 1 atom stereocenters. The molecule has 1 unspecified atom stereocenters. The highest BCUT2D eigenvalue weighted by molar-refractivity contribution is 5.60. The Balaban J connectivity index is 1.83. The summed E-state index contributed by atoms with van der Waals surface area (Å²) in [6.07, 6.45) is -0.198. The van der Waals surface area contributed by atoms with Crippen LogP contribution in [-0.2, 0) is 13.2 Å². The average Bonchev–Trinajstić information content (AvgIpc) is 2.55. The van der Waals surface area contributed by atoms with Crippen LogP contribution in [0.3, 0.4) is 0 Å². The molecule has 0 saturated heterocycles. The molecule has 1 heterocycles. The van der Waals surface area contributed by atoms with Gasteiger partial charge in [-0.1, -0.05) is 36.4 Å². The van der Waals surface area contributed by atoms with Crippen molar-refractivity contribution < 1.29 is 14.9 Å². The van der Waals surface area contributed by atoms with Gasteiger partial charge in [-0.25, -0.2) is 0 Å². The van der Waals surface area contributed by atoms with Gasteiger partial charge in [0.1, 0.15) is 11.9 Å². The summed E-state index contributed by atoms with van der Waals surface area (Å²) >= 11 is 0. The van der Waals surface area contributed by atoms with Crippen LogP contribution < -0.4 is 9.64 Å². The van der Waals surface area contributed by atoms with Crippen molar-refractivity contribution in [3.63, 3.8) is 0 Å². The number of hydrogen-bond donors (Lipinski definition) is 2. The Morgan fingerprint density at radius 2 is 1.71 bits per heavy atom. The lowest BCUT2D eigenvalue weighted by Gasteiger charge is -2.35. The molecule has 0 bridgehead atoms. The number of aliphatic hydroxyl groups excluding tert-OH is 2. The number of fused-ring (bicyclic) bond motifs is 1. The molecule has 110 valence electrons. The Hall–Kier alpha value is -2.04. The first-order valence-electron chi connectivity index (χ1n) is 7.10. The Kier molecular flexibility index (Phi) is 4.08. The molecule has 4 heteroatoms. The first kappa shape index (κ1) is 13.9. The predicted molar refractivity (Wildman–Crippen MR) is 81.4 cm³/mol. The van der Waals surface area contributed by atoms with Crippen LogP contribution >= 0.6 is 0 Å². The van der Waals surface area contributed by atoms with E-state index >= 15 is 0 Å². The summed E-state index contributed by atoms with van der Waals surface area (Å²) in [4.78, 5) is 2.22. The minimum atomic E-state index is -0.198. The molecule has 0 aliphatic carbocycles. The van der Waals surface area contributed by atoms with Gasteiger partial charge < -0.3 is 19.8 Å². The van der Waals surface area contributed by atoms with Gasteiger partial charge in [-0.2, -0.15) is 0 Å². The summed E-state index contributed by atoms with van der Waals surface area (Å²) in [5.74, 6) is 0.815. The zero-order chi connectivity index (χ0) is 14.7. The van der Waals surface area contributed by atoms with Crippen molar-refractivity contribution in [3.05, 3.63) is 59.7 Å². The zero-order valence-corrected chi connectivity index (χ0v) is 11.8. The van der Waals surface area contributed by atoms with Gasteiger partial charge in [0.25, 0.3) is 0 Å². The van der Waals surface area contributed by atoms with E-state index in [1.807, 2.05) is 48.5 Å². The molecule has 3 rings (SSSR count). The van der Waals surface area contributed by atoms with Crippen LogP contribution in [0.2, 0.25) is 0 Å². The van der Waals surface area contributed by atoms with E-state index in [0.29, 0.717) is 6.54 Å². The van der Waals surface area contributed by atoms with Crippen LogP contribution in [0.5, 0.6) is 5.75 Å². The lowest BCUT2D eigenvalue weighted by molar-refractivity contribution is 0.112. The van der Waals surface area contributed by atoms with E-state index in [-0.39, 0.29) is 19.3 Å². The monoisotopic (exact) mass is 285 g/mol. The third kappa shape index (κ3) is 3.01. The highest BCUT2D eigenvalue weighted by Crippen LogP contribution is 2.33. The van der Waals surface area contributed by atoms with Gasteiger partial charge in [-0.05, 0) is 23.3 Å². The third-order valence-electron chi connectivity index (χ3n) is 3.71. The largest absolute Gasteiger partial charge is 0.484 e. The van der Waals surface area contributed by atoms with Gasteiger partial charge in [0.2, 0.25) is 0 Å². The summed E-state index contributed by atoms with van der Waals surface area (Å²) < 4.78 is 5.76. The fourth-order valence-electron chi connectivity index (χ4n) is 2.59. The van der Waals surface area contributed by atoms with Crippen LogP contribution in [0, 0.1) is 0 Å².